The highest BCUT2D eigenvalue weighted by Gasteiger charge is 2.21. The van der Waals surface area contributed by atoms with Crippen LogP contribution >= 0.6 is 0 Å². The lowest BCUT2D eigenvalue weighted by molar-refractivity contribution is 0.0994. The van der Waals surface area contributed by atoms with Gasteiger partial charge < -0.3 is 4.90 Å². The molecular weight excluding hydrogens is 410 g/mol. The summed E-state index contributed by atoms with van der Waals surface area (Å²) in [5.41, 5.74) is 1.46. The normalized spacial score (nSPS) is 11.2. The number of hydrogen-bond acceptors (Lipinski definition) is 2. The molecule has 6 heteroatoms. The number of fused-ring (bicyclic) bond motifs is 1. The van der Waals surface area contributed by atoms with Gasteiger partial charge in [-0.05, 0) is 41.8 Å². The number of benzene rings is 3. The van der Waals surface area contributed by atoms with Crippen LogP contribution in [-0.2, 0) is 0 Å². The molecule has 0 N–H and O–H groups in total. The van der Waals surface area contributed by atoms with Crippen LogP contribution in [0.1, 0.15) is 35.7 Å². The molecule has 1 amide bonds. The average Bonchev–Trinajstić information content (AvgIpc) is 2.79. The zero-order valence-electron chi connectivity index (χ0n) is 18.0. The highest BCUT2D eigenvalue weighted by atomic mass is 19.1. The molecule has 0 radical (unpaired) electrons. The first kappa shape index (κ1) is 21.4. The molecule has 3 aromatic carbocycles. The maximum atomic E-state index is 14.5. The quantitative estimate of drug-likeness (QED) is 0.417. The molecule has 4 aromatic rings. The topological polar surface area (TPSA) is 42.3 Å². The van der Waals surface area contributed by atoms with Gasteiger partial charge in [-0.25, -0.2) is 8.78 Å². The van der Waals surface area contributed by atoms with Gasteiger partial charge in [0.2, 0.25) is 0 Å². The SMILES string of the molecule is CC(C)c1ccc(N(C)C(=O)c2cn(-c3ccc(F)cc3F)c(=O)c3ccccc23)cc1. The molecule has 0 saturated heterocycles. The number of amides is 1. The first-order valence-corrected chi connectivity index (χ1v) is 10.3. The van der Waals surface area contributed by atoms with Gasteiger partial charge in [-0.1, -0.05) is 44.2 Å². The van der Waals surface area contributed by atoms with E-state index < -0.39 is 17.2 Å². The van der Waals surface area contributed by atoms with E-state index in [4.69, 9.17) is 0 Å². The average molecular weight is 432 g/mol. The lowest BCUT2D eigenvalue weighted by Gasteiger charge is -2.20. The Morgan fingerprint density at radius 3 is 2.22 bits per heavy atom. The first-order valence-electron chi connectivity index (χ1n) is 10.3. The fourth-order valence-corrected chi connectivity index (χ4v) is 3.70. The zero-order valence-corrected chi connectivity index (χ0v) is 18.0. The van der Waals surface area contributed by atoms with Crippen molar-refractivity contribution in [1.29, 1.82) is 0 Å². The van der Waals surface area contributed by atoms with Crippen molar-refractivity contribution in [2.45, 2.75) is 19.8 Å². The Bertz CT molecular complexity index is 1380. The van der Waals surface area contributed by atoms with Crippen LogP contribution in [0.5, 0.6) is 0 Å². The molecule has 0 fully saturated rings. The van der Waals surface area contributed by atoms with E-state index in [0.29, 0.717) is 23.1 Å². The minimum Gasteiger partial charge on any atom is -0.311 e. The monoisotopic (exact) mass is 432 g/mol. The molecule has 1 aromatic heterocycles. The standard InChI is InChI=1S/C26H22F2N2O2/c1-16(2)17-8-11-19(12-9-17)29(3)25(31)22-15-30(24-13-10-18(27)14-23(24)28)26(32)21-7-5-4-6-20(21)22/h4-16H,1-3H3. The van der Waals surface area contributed by atoms with Gasteiger partial charge in [0, 0.05) is 35.8 Å². The second kappa shape index (κ2) is 8.38. The van der Waals surface area contributed by atoms with E-state index in [9.17, 15) is 18.4 Å². The molecule has 1 heterocycles. The smallest absolute Gasteiger partial charge is 0.263 e. The zero-order chi connectivity index (χ0) is 23.0. The molecule has 0 aliphatic heterocycles. The third kappa shape index (κ3) is 3.80. The number of anilines is 1. The van der Waals surface area contributed by atoms with Crippen molar-refractivity contribution in [2.75, 3.05) is 11.9 Å². The molecule has 0 unspecified atom stereocenters. The summed E-state index contributed by atoms with van der Waals surface area (Å²) >= 11 is 0. The van der Waals surface area contributed by atoms with Crippen LogP contribution in [0.15, 0.2) is 77.7 Å². The van der Waals surface area contributed by atoms with E-state index in [-0.39, 0.29) is 22.5 Å². The highest BCUT2D eigenvalue weighted by Crippen LogP contribution is 2.24. The Balaban J connectivity index is 1.87. The number of aromatic nitrogens is 1. The molecule has 0 aliphatic rings. The van der Waals surface area contributed by atoms with Gasteiger partial charge in [0.25, 0.3) is 11.5 Å². The summed E-state index contributed by atoms with van der Waals surface area (Å²) in [5, 5.41) is 0.734. The van der Waals surface area contributed by atoms with Gasteiger partial charge >= 0.3 is 0 Å². The van der Waals surface area contributed by atoms with Crippen LogP contribution in [0.25, 0.3) is 16.5 Å². The van der Waals surface area contributed by atoms with Gasteiger partial charge in [0.15, 0.2) is 0 Å². The minimum absolute atomic E-state index is 0.125. The third-order valence-corrected chi connectivity index (χ3v) is 5.58. The van der Waals surface area contributed by atoms with Crippen LogP contribution in [0.4, 0.5) is 14.5 Å². The van der Waals surface area contributed by atoms with Crippen molar-refractivity contribution >= 4 is 22.4 Å². The fraction of sp³-hybridized carbons (Fsp3) is 0.154. The van der Waals surface area contributed by atoms with Crippen LogP contribution in [0.2, 0.25) is 0 Å². The van der Waals surface area contributed by atoms with Gasteiger partial charge in [-0.15, -0.1) is 0 Å². The summed E-state index contributed by atoms with van der Waals surface area (Å²) in [6.45, 7) is 4.18. The molecule has 0 atom stereocenters. The number of carbonyl (C=O) groups is 1. The summed E-state index contributed by atoms with van der Waals surface area (Å²) in [4.78, 5) is 28.0. The van der Waals surface area contributed by atoms with Gasteiger partial charge in [-0.3, -0.25) is 14.2 Å². The summed E-state index contributed by atoms with van der Waals surface area (Å²) in [5.74, 6) is -1.63. The first-order chi connectivity index (χ1) is 15.3. The van der Waals surface area contributed by atoms with E-state index in [2.05, 4.69) is 13.8 Å². The Morgan fingerprint density at radius 1 is 0.938 bits per heavy atom. The number of nitrogens with zero attached hydrogens (tertiary/aromatic N) is 2. The predicted octanol–water partition coefficient (Wildman–Crippen LogP) is 5.67. The van der Waals surface area contributed by atoms with Crippen LogP contribution in [0, 0.1) is 11.6 Å². The molecule has 0 bridgehead atoms. The molecule has 4 rings (SSSR count). The number of hydrogen-bond donors (Lipinski definition) is 0. The molecule has 0 aliphatic carbocycles. The van der Waals surface area contributed by atoms with Crippen molar-refractivity contribution < 1.29 is 13.6 Å². The summed E-state index contributed by atoms with van der Waals surface area (Å²) in [6, 6.07) is 17.3. The Morgan fingerprint density at radius 2 is 1.59 bits per heavy atom. The van der Waals surface area contributed by atoms with Gasteiger partial charge in [0.1, 0.15) is 11.6 Å². The number of carbonyl (C=O) groups excluding carboxylic acids is 1. The van der Waals surface area contributed by atoms with E-state index in [1.807, 2.05) is 24.3 Å². The molecule has 162 valence electrons. The van der Waals surface area contributed by atoms with Crippen molar-refractivity contribution in [3.8, 4) is 5.69 Å². The highest BCUT2D eigenvalue weighted by molar-refractivity contribution is 6.13. The van der Waals surface area contributed by atoms with Crippen molar-refractivity contribution in [3.63, 3.8) is 0 Å². The Kier molecular flexibility index (Phi) is 5.61. The van der Waals surface area contributed by atoms with Crippen molar-refractivity contribution in [2.24, 2.45) is 0 Å². The maximum Gasteiger partial charge on any atom is 0.263 e. The van der Waals surface area contributed by atoms with Gasteiger partial charge in [-0.2, -0.15) is 0 Å². The summed E-state index contributed by atoms with van der Waals surface area (Å²) in [6.07, 6.45) is 1.32. The summed E-state index contributed by atoms with van der Waals surface area (Å²) in [7, 11) is 1.65. The van der Waals surface area contributed by atoms with E-state index in [1.165, 1.54) is 17.2 Å². The maximum absolute atomic E-state index is 14.5. The molecular formula is C26H22F2N2O2. The minimum atomic E-state index is -0.890. The van der Waals surface area contributed by atoms with Crippen LogP contribution in [0.3, 0.4) is 0 Å². The lowest BCUT2D eigenvalue weighted by atomic mass is 10.0. The van der Waals surface area contributed by atoms with Crippen LogP contribution in [-0.4, -0.2) is 17.5 Å². The second-order valence-corrected chi connectivity index (χ2v) is 7.97. The number of pyridine rings is 1. The van der Waals surface area contributed by atoms with Crippen molar-refractivity contribution in [1.82, 2.24) is 4.57 Å². The van der Waals surface area contributed by atoms with E-state index in [0.717, 1.165) is 16.2 Å². The molecule has 0 saturated carbocycles. The van der Waals surface area contributed by atoms with E-state index in [1.54, 1.807) is 31.3 Å². The van der Waals surface area contributed by atoms with Gasteiger partial charge in [0.05, 0.1) is 11.3 Å². The fourth-order valence-electron chi connectivity index (χ4n) is 3.70. The number of halogens is 2. The van der Waals surface area contributed by atoms with E-state index >= 15 is 0 Å². The largest absolute Gasteiger partial charge is 0.311 e. The Hall–Kier alpha value is -3.80. The van der Waals surface area contributed by atoms with Crippen LogP contribution < -0.4 is 10.5 Å². The second-order valence-electron chi connectivity index (χ2n) is 7.97. The van der Waals surface area contributed by atoms with Crippen molar-refractivity contribution in [3.05, 3.63) is 106 Å². The Labute approximate surface area is 184 Å². The summed E-state index contributed by atoms with van der Waals surface area (Å²) < 4.78 is 28.9. The third-order valence-electron chi connectivity index (χ3n) is 5.58. The molecule has 4 nitrogen and oxygen atoms in total. The molecule has 0 spiro atoms. The molecule has 32 heavy (non-hydrogen) atoms. The predicted molar refractivity (Wildman–Crippen MR) is 123 cm³/mol. The number of rotatable bonds is 4. The lowest BCUT2D eigenvalue weighted by Crippen LogP contribution is -2.29.